The number of non-ortho nitro benzene ring substituents is 1. The number of nitro groups is 1. The van der Waals surface area contributed by atoms with Gasteiger partial charge in [-0.1, -0.05) is 12.1 Å². The van der Waals surface area contributed by atoms with E-state index in [1.807, 2.05) is 12.1 Å². The van der Waals surface area contributed by atoms with Crippen molar-refractivity contribution in [3.05, 3.63) is 82.4 Å². The standard InChI is InChI=1S/C22H18N4O5/c1-31-18-9-2-14(3-10-18)12-21(27)23-16-6-4-15(5-7-16)22-24-19-11-8-17(26(29)30)13-20(19)25(22)28/h2-11,13,28H,12H2,1H3,(H,23,27). The molecule has 9 heteroatoms. The van der Waals surface area contributed by atoms with Gasteiger partial charge in [0, 0.05) is 23.4 Å². The Hall–Kier alpha value is -4.40. The minimum Gasteiger partial charge on any atom is -0.497 e. The lowest BCUT2D eigenvalue weighted by Gasteiger charge is -2.07. The number of amides is 1. The molecule has 1 aromatic heterocycles. The van der Waals surface area contributed by atoms with E-state index in [4.69, 9.17) is 4.74 Å². The van der Waals surface area contributed by atoms with Crippen molar-refractivity contribution in [3.8, 4) is 17.1 Å². The molecule has 0 unspecified atom stereocenters. The highest BCUT2D eigenvalue weighted by molar-refractivity contribution is 5.92. The Balaban J connectivity index is 1.49. The van der Waals surface area contributed by atoms with Gasteiger partial charge in [-0.25, -0.2) is 4.98 Å². The molecule has 0 aliphatic heterocycles. The molecule has 31 heavy (non-hydrogen) atoms. The van der Waals surface area contributed by atoms with E-state index in [0.717, 1.165) is 16.0 Å². The minimum absolute atomic E-state index is 0.135. The van der Waals surface area contributed by atoms with Crippen molar-refractivity contribution < 1.29 is 19.7 Å². The number of carbonyl (C=O) groups excluding carboxylic acids is 1. The predicted molar refractivity (Wildman–Crippen MR) is 114 cm³/mol. The molecule has 0 bridgehead atoms. The molecule has 0 spiro atoms. The number of nitrogens with one attached hydrogen (secondary N) is 1. The number of aromatic nitrogens is 2. The number of hydrogen-bond acceptors (Lipinski definition) is 6. The zero-order valence-corrected chi connectivity index (χ0v) is 16.5. The van der Waals surface area contributed by atoms with E-state index >= 15 is 0 Å². The predicted octanol–water partition coefficient (Wildman–Crippen LogP) is 4.04. The number of benzene rings is 3. The first kappa shape index (κ1) is 19.9. The van der Waals surface area contributed by atoms with Crippen LogP contribution in [0.25, 0.3) is 22.4 Å². The fourth-order valence-corrected chi connectivity index (χ4v) is 3.19. The summed E-state index contributed by atoms with van der Waals surface area (Å²) in [7, 11) is 1.58. The molecule has 0 aliphatic rings. The highest BCUT2D eigenvalue weighted by Crippen LogP contribution is 2.27. The summed E-state index contributed by atoms with van der Waals surface area (Å²) in [5.74, 6) is 0.801. The van der Waals surface area contributed by atoms with Crippen LogP contribution in [0.2, 0.25) is 0 Å². The van der Waals surface area contributed by atoms with Gasteiger partial charge in [-0.2, -0.15) is 4.73 Å². The fraction of sp³-hybridized carbons (Fsp3) is 0.0909. The van der Waals surface area contributed by atoms with Gasteiger partial charge in [-0.15, -0.1) is 0 Å². The molecule has 0 saturated carbocycles. The number of nitrogens with zero attached hydrogens (tertiary/aromatic N) is 3. The van der Waals surface area contributed by atoms with Crippen LogP contribution in [0, 0.1) is 10.1 Å². The smallest absolute Gasteiger partial charge is 0.271 e. The van der Waals surface area contributed by atoms with Crippen LogP contribution in [0.15, 0.2) is 66.7 Å². The first-order chi connectivity index (χ1) is 14.9. The van der Waals surface area contributed by atoms with Gasteiger partial charge in [-0.3, -0.25) is 14.9 Å². The summed E-state index contributed by atoms with van der Waals surface area (Å²) in [4.78, 5) is 27.1. The molecule has 3 aromatic carbocycles. The summed E-state index contributed by atoms with van der Waals surface area (Å²) < 4.78 is 5.93. The quantitative estimate of drug-likeness (QED) is 0.277. The molecule has 2 N–H and O–H groups in total. The van der Waals surface area contributed by atoms with Crippen molar-refractivity contribution >= 4 is 28.3 Å². The summed E-state index contributed by atoms with van der Waals surface area (Å²) in [5, 5.41) is 24.2. The first-order valence-electron chi connectivity index (χ1n) is 9.34. The van der Waals surface area contributed by atoms with Gasteiger partial charge in [0.05, 0.1) is 24.0 Å². The molecule has 0 saturated heterocycles. The third-order valence-electron chi connectivity index (χ3n) is 4.78. The average molecular weight is 418 g/mol. The molecular formula is C22H18N4O5. The number of fused-ring (bicyclic) bond motifs is 1. The van der Waals surface area contributed by atoms with Crippen LogP contribution in [0.3, 0.4) is 0 Å². The maximum absolute atomic E-state index is 12.3. The Morgan fingerprint density at radius 1 is 1.13 bits per heavy atom. The zero-order valence-electron chi connectivity index (χ0n) is 16.5. The van der Waals surface area contributed by atoms with E-state index in [2.05, 4.69) is 10.3 Å². The van der Waals surface area contributed by atoms with Gasteiger partial charge in [0.1, 0.15) is 11.3 Å². The molecule has 0 radical (unpaired) electrons. The Morgan fingerprint density at radius 3 is 2.48 bits per heavy atom. The Morgan fingerprint density at radius 2 is 1.84 bits per heavy atom. The van der Waals surface area contributed by atoms with Gasteiger partial charge >= 0.3 is 0 Å². The number of nitro benzene ring substituents is 1. The summed E-state index contributed by atoms with van der Waals surface area (Å²) in [6.07, 6.45) is 0.219. The molecule has 0 atom stereocenters. The van der Waals surface area contributed by atoms with Crippen molar-refractivity contribution in [1.29, 1.82) is 0 Å². The summed E-state index contributed by atoms with van der Waals surface area (Å²) >= 11 is 0. The maximum Gasteiger partial charge on any atom is 0.271 e. The normalized spacial score (nSPS) is 10.7. The Labute approximate surface area is 176 Å². The van der Waals surface area contributed by atoms with E-state index in [1.54, 1.807) is 43.5 Å². The summed E-state index contributed by atoms with van der Waals surface area (Å²) in [5.41, 5.74) is 2.58. The second kappa shape index (κ2) is 8.15. The van der Waals surface area contributed by atoms with Crippen LogP contribution < -0.4 is 10.1 Å². The number of carbonyl (C=O) groups is 1. The number of hydrogen-bond donors (Lipinski definition) is 2. The number of ether oxygens (including phenoxy) is 1. The largest absolute Gasteiger partial charge is 0.497 e. The first-order valence-corrected chi connectivity index (χ1v) is 9.34. The lowest BCUT2D eigenvalue weighted by Crippen LogP contribution is -2.14. The van der Waals surface area contributed by atoms with Crippen LogP contribution in [0.5, 0.6) is 5.75 Å². The highest BCUT2D eigenvalue weighted by Gasteiger charge is 2.16. The molecule has 1 amide bonds. The minimum atomic E-state index is -0.532. The van der Waals surface area contributed by atoms with Gasteiger partial charge in [0.15, 0.2) is 5.82 Å². The number of anilines is 1. The highest BCUT2D eigenvalue weighted by atomic mass is 16.6. The Kier molecular flexibility index (Phi) is 5.23. The SMILES string of the molecule is COc1ccc(CC(=O)Nc2ccc(-c3nc4ccc([N+](=O)[O-])cc4n3O)cc2)cc1. The molecule has 156 valence electrons. The molecular weight excluding hydrogens is 400 g/mol. The Bertz CT molecular complexity index is 1260. The number of imidazole rings is 1. The lowest BCUT2D eigenvalue weighted by atomic mass is 10.1. The third kappa shape index (κ3) is 4.15. The van der Waals surface area contributed by atoms with E-state index < -0.39 is 4.92 Å². The van der Waals surface area contributed by atoms with Crippen LogP contribution in [-0.4, -0.2) is 32.9 Å². The summed E-state index contributed by atoms with van der Waals surface area (Å²) in [6, 6.07) is 18.1. The molecule has 1 heterocycles. The van der Waals surface area contributed by atoms with Gasteiger partial charge in [-0.05, 0) is 48.0 Å². The molecule has 0 aliphatic carbocycles. The van der Waals surface area contributed by atoms with Gasteiger partial charge < -0.3 is 15.3 Å². The fourth-order valence-electron chi connectivity index (χ4n) is 3.19. The average Bonchev–Trinajstić information content (AvgIpc) is 3.10. The van der Waals surface area contributed by atoms with E-state index in [9.17, 15) is 20.1 Å². The van der Waals surface area contributed by atoms with Gasteiger partial charge in [0.25, 0.3) is 5.69 Å². The van der Waals surface area contributed by atoms with Crippen LogP contribution in [-0.2, 0) is 11.2 Å². The van der Waals surface area contributed by atoms with Crippen LogP contribution >= 0.6 is 0 Å². The molecule has 4 aromatic rings. The van der Waals surface area contributed by atoms with E-state index in [1.165, 1.54) is 18.2 Å². The van der Waals surface area contributed by atoms with E-state index in [0.29, 0.717) is 16.8 Å². The molecule has 4 rings (SSSR count). The second-order valence-electron chi connectivity index (χ2n) is 6.83. The van der Waals surface area contributed by atoms with Crippen LogP contribution in [0.4, 0.5) is 11.4 Å². The van der Waals surface area contributed by atoms with Crippen molar-refractivity contribution in [2.75, 3.05) is 12.4 Å². The monoisotopic (exact) mass is 418 g/mol. The third-order valence-corrected chi connectivity index (χ3v) is 4.78. The molecule has 0 fully saturated rings. The second-order valence-corrected chi connectivity index (χ2v) is 6.83. The zero-order chi connectivity index (χ0) is 22.0. The van der Waals surface area contributed by atoms with Crippen molar-refractivity contribution in [2.45, 2.75) is 6.42 Å². The van der Waals surface area contributed by atoms with Crippen molar-refractivity contribution in [1.82, 2.24) is 9.71 Å². The number of rotatable bonds is 6. The van der Waals surface area contributed by atoms with Crippen molar-refractivity contribution in [2.24, 2.45) is 0 Å². The van der Waals surface area contributed by atoms with Crippen molar-refractivity contribution in [3.63, 3.8) is 0 Å². The summed E-state index contributed by atoms with van der Waals surface area (Å²) in [6.45, 7) is 0. The van der Waals surface area contributed by atoms with Gasteiger partial charge in [0.2, 0.25) is 5.91 Å². The van der Waals surface area contributed by atoms with Crippen LogP contribution in [0.1, 0.15) is 5.56 Å². The topological polar surface area (TPSA) is 120 Å². The maximum atomic E-state index is 12.3. The van der Waals surface area contributed by atoms with E-state index in [-0.39, 0.29) is 29.4 Å². The molecule has 9 nitrogen and oxygen atoms in total. The lowest BCUT2D eigenvalue weighted by molar-refractivity contribution is -0.384. The number of methoxy groups -OCH3 is 1.